The first-order valence-corrected chi connectivity index (χ1v) is 20.5. The van der Waals surface area contributed by atoms with Crippen LogP contribution in [0.15, 0.2) is 43.0 Å². The predicted molar refractivity (Wildman–Crippen MR) is 135 cm³/mol. The molecule has 0 spiro atoms. The van der Waals surface area contributed by atoms with E-state index in [-0.39, 0.29) is 0 Å². The fourth-order valence-corrected chi connectivity index (χ4v) is 21.2. The van der Waals surface area contributed by atoms with E-state index in [1.807, 2.05) is 0 Å². The van der Waals surface area contributed by atoms with Crippen LogP contribution in [0.3, 0.4) is 0 Å². The van der Waals surface area contributed by atoms with Gasteiger partial charge in [-0.2, -0.15) is 0 Å². The van der Waals surface area contributed by atoms with Crippen LogP contribution in [0.5, 0.6) is 0 Å². The maximum atomic E-state index is 4.11. The van der Waals surface area contributed by atoms with Gasteiger partial charge < -0.3 is 0 Å². The Morgan fingerprint density at radius 2 is 1.41 bits per heavy atom. The fraction of sp³-hybridized carbons (Fsp3) is 0.704. The molecule has 0 saturated heterocycles. The van der Waals surface area contributed by atoms with E-state index in [9.17, 15) is 0 Å². The number of hydrogen-bond donors (Lipinski definition) is 0. The summed E-state index contributed by atoms with van der Waals surface area (Å²) in [4.78, 5) is 2.92. The summed E-state index contributed by atoms with van der Waals surface area (Å²) in [5, 5.41) is 0. The zero-order valence-corrected chi connectivity index (χ0v) is 23.1. The zero-order valence-electron chi connectivity index (χ0n) is 20.3. The Morgan fingerprint density at radius 1 is 0.897 bits per heavy atom. The van der Waals surface area contributed by atoms with Crippen LogP contribution in [0.25, 0.3) is 0 Å². The van der Waals surface area contributed by atoms with E-state index in [1.165, 1.54) is 48.6 Å². The molecule has 1 aromatic carbocycles. The molecule has 0 bridgehead atoms. The normalized spacial score (nSPS) is 13.2. The van der Waals surface area contributed by atoms with E-state index >= 15 is 0 Å². The summed E-state index contributed by atoms with van der Waals surface area (Å²) < 4.78 is 6.22. The number of hydrogen-bond acceptors (Lipinski definition) is 1. The van der Waals surface area contributed by atoms with E-state index in [0.29, 0.717) is 12.0 Å². The van der Waals surface area contributed by atoms with Crippen molar-refractivity contribution in [3.8, 4) is 0 Å². The summed E-state index contributed by atoms with van der Waals surface area (Å²) in [5.74, 6) is 0.671. The molecular weight excluding hydrogens is 457 g/mol. The summed E-state index contributed by atoms with van der Waals surface area (Å²) in [6, 6.07) is 11.8. The molecule has 1 aromatic rings. The van der Waals surface area contributed by atoms with Crippen LogP contribution in [-0.2, 0) is 6.54 Å². The van der Waals surface area contributed by atoms with Crippen LogP contribution in [-0.4, -0.2) is 33.9 Å². The Balaban J connectivity index is 3.21. The Hall–Kier alpha value is -0.281. The summed E-state index contributed by atoms with van der Waals surface area (Å²) >= 11 is -2.24. The van der Waals surface area contributed by atoms with Crippen molar-refractivity contribution in [2.75, 3.05) is 4.56 Å². The van der Waals surface area contributed by atoms with E-state index in [2.05, 4.69) is 82.5 Å². The molecule has 0 amide bonds. The van der Waals surface area contributed by atoms with Gasteiger partial charge in [0.25, 0.3) is 0 Å². The van der Waals surface area contributed by atoms with Gasteiger partial charge in [-0.15, -0.1) is 0 Å². The second-order valence-electron chi connectivity index (χ2n) is 9.54. The minimum atomic E-state index is -2.24. The van der Waals surface area contributed by atoms with Gasteiger partial charge >= 0.3 is 188 Å². The molecule has 1 atom stereocenters. The third-order valence-corrected chi connectivity index (χ3v) is 21.8. The van der Waals surface area contributed by atoms with Crippen LogP contribution in [0, 0.1) is 5.92 Å². The SMILES string of the molecule is C=CCC(C(C)C)N(Cc1ccccc1)[CH2][Sn]([CH2]CCC)([CH2]CCC)[CH2]CCC. The molecule has 0 fully saturated rings. The van der Waals surface area contributed by atoms with Gasteiger partial charge in [0.05, 0.1) is 0 Å². The molecule has 0 radical (unpaired) electrons. The van der Waals surface area contributed by atoms with Crippen LogP contribution in [0.1, 0.15) is 85.1 Å². The second-order valence-corrected chi connectivity index (χ2v) is 23.3. The Bertz CT molecular complexity index is 503. The Kier molecular flexibility index (Phi) is 14.3. The molecular formula is C27H49NSn. The van der Waals surface area contributed by atoms with Crippen LogP contribution >= 0.6 is 0 Å². The van der Waals surface area contributed by atoms with Crippen LogP contribution < -0.4 is 0 Å². The topological polar surface area (TPSA) is 3.24 Å². The molecule has 2 heteroatoms. The van der Waals surface area contributed by atoms with Crippen molar-refractivity contribution in [1.29, 1.82) is 0 Å². The van der Waals surface area contributed by atoms with Crippen molar-refractivity contribution in [2.45, 2.75) is 105 Å². The summed E-state index contributed by atoms with van der Waals surface area (Å²) in [7, 11) is 0. The molecule has 29 heavy (non-hydrogen) atoms. The summed E-state index contributed by atoms with van der Waals surface area (Å²) in [5.41, 5.74) is 1.48. The van der Waals surface area contributed by atoms with Gasteiger partial charge in [-0.05, 0) is 0 Å². The van der Waals surface area contributed by atoms with E-state index in [0.717, 1.165) is 13.0 Å². The van der Waals surface area contributed by atoms with Gasteiger partial charge in [0.15, 0.2) is 0 Å². The molecule has 1 unspecified atom stereocenters. The standard InChI is InChI=1S/C15H22N.3C4H9.Sn/c1-5-9-15(13(2)3)16(4)12-14-10-7-6-8-11-14;3*1-3-4-2;/h5-8,10-11,13,15H,1,4,9,12H2,2-3H3;3*1,3-4H2,2H3;. The van der Waals surface area contributed by atoms with Crippen molar-refractivity contribution in [3.05, 3.63) is 48.6 Å². The molecule has 0 N–H and O–H groups in total. The minimum absolute atomic E-state index is 0.619. The molecule has 0 aromatic heterocycles. The van der Waals surface area contributed by atoms with E-state index in [4.69, 9.17) is 0 Å². The van der Waals surface area contributed by atoms with Crippen LogP contribution in [0.2, 0.25) is 13.3 Å². The first-order chi connectivity index (χ1) is 14.0. The van der Waals surface area contributed by atoms with Gasteiger partial charge in [-0.25, -0.2) is 0 Å². The van der Waals surface area contributed by atoms with Gasteiger partial charge in [0.1, 0.15) is 0 Å². The van der Waals surface area contributed by atoms with Gasteiger partial charge in [-0.3, -0.25) is 0 Å². The third kappa shape index (κ3) is 10.0. The van der Waals surface area contributed by atoms with Crippen molar-refractivity contribution >= 4 is 18.4 Å². The number of unbranched alkanes of at least 4 members (excludes halogenated alkanes) is 3. The van der Waals surface area contributed by atoms with E-state index < -0.39 is 18.4 Å². The van der Waals surface area contributed by atoms with Gasteiger partial charge in [0.2, 0.25) is 0 Å². The number of nitrogens with zero attached hydrogens (tertiary/aromatic N) is 1. The average Bonchev–Trinajstić information content (AvgIpc) is 2.73. The van der Waals surface area contributed by atoms with Crippen LogP contribution in [0.4, 0.5) is 0 Å². The predicted octanol–water partition coefficient (Wildman–Crippen LogP) is 8.48. The molecule has 0 aliphatic rings. The summed E-state index contributed by atoms with van der Waals surface area (Å²) in [6.07, 6.45) is 11.7. The van der Waals surface area contributed by atoms with Gasteiger partial charge in [-0.1, -0.05) is 0 Å². The quantitative estimate of drug-likeness (QED) is 0.151. The van der Waals surface area contributed by atoms with Crippen molar-refractivity contribution in [3.63, 3.8) is 0 Å². The average molecular weight is 506 g/mol. The summed E-state index contributed by atoms with van der Waals surface area (Å²) in [6.45, 7) is 17.2. The third-order valence-electron chi connectivity index (χ3n) is 6.60. The first-order valence-electron chi connectivity index (χ1n) is 12.4. The molecule has 0 aliphatic heterocycles. The number of benzene rings is 1. The van der Waals surface area contributed by atoms with Crippen molar-refractivity contribution in [1.82, 2.24) is 4.90 Å². The molecule has 0 heterocycles. The zero-order chi connectivity index (χ0) is 21.5. The molecule has 0 saturated carbocycles. The molecule has 1 rings (SSSR count). The first kappa shape index (κ1) is 26.8. The fourth-order valence-electron chi connectivity index (χ4n) is 4.82. The maximum absolute atomic E-state index is 4.11. The Labute approximate surface area is 187 Å². The van der Waals surface area contributed by atoms with E-state index in [1.54, 1.807) is 13.3 Å². The Morgan fingerprint density at radius 3 is 1.83 bits per heavy atom. The molecule has 0 aliphatic carbocycles. The number of rotatable bonds is 17. The van der Waals surface area contributed by atoms with Crippen molar-refractivity contribution in [2.24, 2.45) is 5.92 Å². The van der Waals surface area contributed by atoms with Gasteiger partial charge in [0, 0.05) is 0 Å². The molecule has 166 valence electrons. The monoisotopic (exact) mass is 507 g/mol. The second kappa shape index (κ2) is 15.5. The van der Waals surface area contributed by atoms with Crippen molar-refractivity contribution < 1.29 is 0 Å². The molecule has 1 nitrogen and oxygen atoms in total.